The van der Waals surface area contributed by atoms with Gasteiger partial charge in [0.1, 0.15) is 22.8 Å². The highest BCUT2D eigenvalue weighted by molar-refractivity contribution is 6.32. The molecule has 152 valence electrons. The van der Waals surface area contributed by atoms with Crippen LogP contribution in [0.5, 0.6) is 5.75 Å². The number of aliphatic hydroxyl groups excluding tert-OH is 3. The highest BCUT2D eigenvalue weighted by Gasteiger charge is 2.61. The smallest absolute Gasteiger partial charge is 0.255 e. The van der Waals surface area contributed by atoms with E-state index in [1.807, 2.05) is 0 Å². The second-order valence-corrected chi connectivity index (χ2v) is 7.82. The Morgan fingerprint density at radius 3 is 2.48 bits per heavy atom. The zero-order valence-corrected chi connectivity index (χ0v) is 15.5. The van der Waals surface area contributed by atoms with Gasteiger partial charge in [0, 0.05) is 34.4 Å². The Morgan fingerprint density at radius 2 is 1.86 bits per heavy atom. The number of phenolic OH excluding ortho intramolecular Hbond substituents is 1. The number of hydrogen-bond acceptors (Lipinski definition) is 8. The molecule has 3 aliphatic carbocycles. The van der Waals surface area contributed by atoms with Crippen molar-refractivity contribution in [2.24, 2.45) is 17.6 Å². The van der Waals surface area contributed by atoms with Gasteiger partial charge >= 0.3 is 0 Å². The van der Waals surface area contributed by atoms with E-state index in [9.17, 15) is 39.9 Å². The van der Waals surface area contributed by atoms with Crippen molar-refractivity contribution in [1.29, 1.82) is 0 Å². The van der Waals surface area contributed by atoms with Gasteiger partial charge in [-0.05, 0) is 18.6 Å². The number of amides is 1. The third-order valence-electron chi connectivity index (χ3n) is 5.98. The first-order valence-electron chi connectivity index (χ1n) is 8.68. The molecule has 1 amide bonds. The van der Waals surface area contributed by atoms with Crippen molar-refractivity contribution >= 4 is 34.8 Å². The molecule has 0 heterocycles. The number of fused-ring (bicyclic) bond motifs is 3. The van der Waals surface area contributed by atoms with Crippen LogP contribution >= 0.6 is 11.6 Å². The summed E-state index contributed by atoms with van der Waals surface area (Å²) < 4.78 is 0. The summed E-state index contributed by atoms with van der Waals surface area (Å²) in [4.78, 5) is 37.0. The van der Waals surface area contributed by atoms with Crippen LogP contribution in [0.3, 0.4) is 0 Å². The van der Waals surface area contributed by atoms with Gasteiger partial charge in [0.05, 0.1) is 11.7 Å². The number of rotatable bonds is 1. The van der Waals surface area contributed by atoms with Gasteiger partial charge in [0.25, 0.3) is 5.91 Å². The second-order valence-electron chi connectivity index (χ2n) is 7.41. The Kier molecular flexibility index (Phi) is 4.06. The molecule has 1 aromatic rings. The number of ketones is 2. The summed E-state index contributed by atoms with van der Waals surface area (Å²) in [5.41, 5.74) is 0.857. The molecule has 0 bridgehead atoms. The van der Waals surface area contributed by atoms with Gasteiger partial charge < -0.3 is 31.3 Å². The summed E-state index contributed by atoms with van der Waals surface area (Å²) in [6.07, 6.45) is -2.08. The molecular formula is C19H16ClNO8. The number of nitrogens with two attached hydrogens (primary N) is 1. The highest BCUT2D eigenvalue weighted by atomic mass is 35.5. The van der Waals surface area contributed by atoms with Gasteiger partial charge in [-0.1, -0.05) is 11.6 Å². The second kappa shape index (κ2) is 6.06. The van der Waals surface area contributed by atoms with E-state index in [0.717, 1.165) is 6.07 Å². The van der Waals surface area contributed by atoms with Crippen LogP contribution in [-0.2, 0) is 14.4 Å². The summed E-state index contributed by atoms with van der Waals surface area (Å²) in [6.45, 7) is 0. The van der Waals surface area contributed by atoms with Crippen LogP contribution in [0.15, 0.2) is 29.0 Å². The average molecular weight is 422 g/mol. The normalized spacial score (nSPS) is 31.3. The van der Waals surface area contributed by atoms with E-state index in [1.165, 1.54) is 6.07 Å². The van der Waals surface area contributed by atoms with Crippen LogP contribution in [0.4, 0.5) is 0 Å². The molecule has 0 saturated heterocycles. The van der Waals surface area contributed by atoms with E-state index < -0.39 is 75.8 Å². The number of aliphatic hydroxyl groups is 4. The number of halogens is 1. The monoisotopic (exact) mass is 421 g/mol. The molecule has 4 rings (SSSR count). The molecule has 1 fully saturated rings. The Balaban J connectivity index is 1.99. The first-order chi connectivity index (χ1) is 13.5. The minimum atomic E-state index is -2.68. The van der Waals surface area contributed by atoms with Crippen LogP contribution in [0.1, 0.15) is 30.1 Å². The fraction of sp³-hybridized carbons (Fsp3) is 0.316. The molecule has 0 spiro atoms. The Morgan fingerprint density at radius 1 is 1.21 bits per heavy atom. The molecule has 0 unspecified atom stereocenters. The zero-order valence-electron chi connectivity index (χ0n) is 14.7. The highest BCUT2D eigenvalue weighted by Crippen LogP contribution is 2.55. The lowest BCUT2D eigenvalue weighted by atomic mass is 9.58. The maximum absolute atomic E-state index is 13.2. The fourth-order valence-corrected chi connectivity index (χ4v) is 4.88. The summed E-state index contributed by atoms with van der Waals surface area (Å²) in [5, 5.41) is 53.2. The van der Waals surface area contributed by atoms with Crippen LogP contribution in [-0.4, -0.2) is 48.6 Å². The predicted octanol–water partition coefficient (Wildman–Crippen LogP) is 0.568. The number of benzene rings is 1. The van der Waals surface area contributed by atoms with Crippen molar-refractivity contribution in [3.8, 4) is 5.75 Å². The molecule has 7 N–H and O–H groups in total. The summed E-state index contributed by atoms with van der Waals surface area (Å²) >= 11 is 6.11. The molecule has 10 heteroatoms. The van der Waals surface area contributed by atoms with Gasteiger partial charge in [-0.3, -0.25) is 14.4 Å². The molecule has 0 radical (unpaired) electrons. The van der Waals surface area contributed by atoms with Gasteiger partial charge in [-0.25, -0.2) is 0 Å². The first-order valence-corrected chi connectivity index (χ1v) is 9.06. The minimum Gasteiger partial charge on any atom is -0.508 e. The lowest BCUT2D eigenvalue weighted by Gasteiger charge is -2.47. The van der Waals surface area contributed by atoms with Crippen LogP contribution < -0.4 is 5.73 Å². The van der Waals surface area contributed by atoms with E-state index in [0.29, 0.717) is 0 Å². The third-order valence-corrected chi connectivity index (χ3v) is 6.31. The van der Waals surface area contributed by atoms with E-state index >= 15 is 0 Å². The SMILES string of the molecule is NC(=O)C1=C(O)[C@@]2(O)C(=O)C3=C(O)c4c(O)ccc(Cl)c4[C@@H](O)[C@H]3C[C@H]2CC1=O. The van der Waals surface area contributed by atoms with E-state index in [2.05, 4.69) is 0 Å². The van der Waals surface area contributed by atoms with Gasteiger partial charge in [-0.2, -0.15) is 0 Å². The fourth-order valence-electron chi connectivity index (χ4n) is 4.61. The minimum absolute atomic E-state index is 0.0101. The number of hydrogen-bond donors (Lipinski definition) is 6. The summed E-state index contributed by atoms with van der Waals surface area (Å²) in [6, 6.07) is 2.48. The quantitative estimate of drug-likeness (QED) is 0.356. The topological polar surface area (TPSA) is 178 Å². The van der Waals surface area contributed by atoms with E-state index in [1.54, 1.807) is 0 Å². The van der Waals surface area contributed by atoms with Crippen LogP contribution in [0, 0.1) is 11.8 Å². The van der Waals surface area contributed by atoms with Gasteiger partial charge in [-0.15, -0.1) is 0 Å². The lowest BCUT2D eigenvalue weighted by Crippen LogP contribution is -2.58. The number of primary amides is 1. The molecule has 1 aromatic carbocycles. The average Bonchev–Trinajstić information content (AvgIpc) is 2.64. The number of Topliss-reactive ketones (excluding diaryl/α,β-unsaturated/α-hetero) is 2. The Labute approximate surface area is 168 Å². The molecule has 9 nitrogen and oxygen atoms in total. The molecular weight excluding hydrogens is 406 g/mol. The summed E-state index contributed by atoms with van der Waals surface area (Å²) in [7, 11) is 0. The largest absolute Gasteiger partial charge is 0.508 e. The van der Waals surface area contributed by atoms with Crippen molar-refractivity contribution < 1.29 is 39.9 Å². The van der Waals surface area contributed by atoms with E-state index in [4.69, 9.17) is 17.3 Å². The van der Waals surface area contributed by atoms with Gasteiger partial charge in [0.2, 0.25) is 5.78 Å². The van der Waals surface area contributed by atoms with Crippen molar-refractivity contribution in [2.45, 2.75) is 24.5 Å². The van der Waals surface area contributed by atoms with Crippen molar-refractivity contribution in [3.05, 3.63) is 45.2 Å². The van der Waals surface area contributed by atoms with Gasteiger partial charge in [0.15, 0.2) is 11.4 Å². The lowest BCUT2D eigenvalue weighted by molar-refractivity contribution is -0.149. The summed E-state index contributed by atoms with van der Waals surface area (Å²) in [5.74, 6) is -7.89. The molecule has 3 aliphatic rings. The molecule has 4 atom stereocenters. The molecule has 0 aliphatic heterocycles. The van der Waals surface area contributed by atoms with Crippen molar-refractivity contribution in [3.63, 3.8) is 0 Å². The first kappa shape index (κ1) is 19.4. The van der Waals surface area contributed by atoms with E-state index in [-0.39, 0.29) is 22.6 Å². The molecule has 0 aromatic heterocycles. The zero-order chi connectivity index (χ0) is 21.4. The standard InChI is InChI=1S/C19H16ClNO8/c20-7-1-2-8(22)12-11(7)14(24)6-3-5-4-9(23)13(18(21)28)17(27)19(5,29)16(26)10(6)15(12)25/h1-2,5-6,14,22,24-25,27,29H,3-4H2,(H2,21,28)/t5-,6-,14-,19-/m0/s1. The predicted molar refractivity (Wildman–Crippen MR) is 97.7 cm³/mol. The molecule has 29 heavy (non-hydrogen) atoms. The number of phenols is 1. The van der Waals surface area contributed by atoms with Crippen molar-refractivity contribution in [2.75, 3.05) is 0 Å². The molecule has 1 saturated carbocycles. The Bertz CT molecular complexity index is 1070. The third kappa shape index (κ3) is 2.32. The number of carbonyl (C=O) groups excluding carboxylic acids is 3. The van der Waals surface area contributed by atoms with Crippen LogP contribution in [0.2, 0.25) is 5.02 Å². The van der Waals surface area contributed by atoms with Crippen LogP contribution in [0.25, 0.3) is 5.76 Å². The number of carbonyl (C=O) groups is 3. The maximum Gasteiger partial charge on any atom is 0.255 e. The van der Waals surface area contributed by atoms with Crippen molar-refractivity contribution in [1.82, 2.24) is 0 Å². The number of aromatic hydroxyl groups is 1. The maximum atomic E-state index is 13.2. The Hall–Kier alpha value is -2.88.